The standard InChI is InChI=1S/C20H21N3O/c1-22-14-18(13-21-22)19-7-4-10-23(19)20(24)12-15-8-9-16-5-2-3-6-17(16)11-15/h2-3,5-6,8-9,11,13-14,19H,4,7,10,12H2,1H3/t19-/m1/s1. The van der Waals surface area contributed by atoms with Crippen molar-refractivity contribution in [1.29, 1.82) is 0 Å². The molecule has 0 bridgehead atoms. The molecule has 0 unspecified atom stereocenters. The van der Waals surface area contributed by atoms with Crippen molar-refractivity contribution in [3.05, 3.63) is 66.0 Å². The van der Waals surface area contributed by atoms with Gasteiger partial charge in [-0.05, 0) is 29.2 Å². The number of fused-ring (bicyclic) bond motifs is 1. The second kappa shape index (κ2) is 6.11. The van der Waals surface area contributed by atoms with Gasteiger partial charge in [0.25, 0.3) is 0 Å². The molecular formula is C20H21N3O. The number of carbonyl (C=O) groups is 1. The Bertz CT molecular complexity index is 883. The second-order valence-corrected chi connectivity index (χ2v) is 6.55. The van der Waals surface area contributed by atoms with Gasteiger partial charge in [0.2, 0.25) is 5.91 Å². The van der Waals surface area contributed by atoms with Gasteiger partial charge in [0.1, 0.15) is 0 Å². The molecule has 1 saturated heterocycles. The van der Waals surface area contributed by atoms with E-state index in [1.165, 1.54) is 10.8 Å². The minimum atomic E-state index is 0.173. The van der Waals surface area contributed by atoms with Crippen LogP contribution < -0.4 is 0 Å². The molecule has 2 aromatic carbocycles. The zero-order valence-corrected chi connectivity index (χ0v) is 13.9. The molecule has 1 aliphatic heterocycles. The smallest absolute Gasteiger partial charge is 0.227 e. The van der Waals surface area contributed by atoms with Gasteiger partial charge in [0.15, 0.2) is 0 Å². The van der Waals surface area contributed by atoms with E-state index in [2.05, 4.69) is 35.4 Å². The third-order valence-corrected chi connectivity index (χ3v) is 4.85. The van der Waals surface area contributed by atoms with Gasteiger partial charge in [-0.25, -0.2) is 0 Å². The Balaban J connectivity index is 1.54. The first kappa shape index (κ1) is 14.9. The molecule has 1 aliphatic rings. The molecule has 0 aliphatic carbocycles. The lowest BCUT2D eigenvalue weighted by Crippen LogP contribution is -2.31. The number of benzene rings is 2. The van der Waals surface area contributed by atoms with Gasteiger partial charge in [-0.3, -0.25) is 9.48 Å². The molecular weight excluding hydrogens is 298 g/mol. The Morgan fingerprint density at radius 2 is 2.04 bits per heavy atom. The molecule has 122 valence electrons. The monoisotopic (exact) mass is 319 g/mol. The van der Waals surface area contributed by atoms with Crippen LogP contribution in [0, 0.1) is 0 Å². The highest BCUT2D eigenvalue weighted by atomic mass is 16.2. The van der Waals surface area contributed by atoms with Gasteiger partial charge in [-0.15, -0.1) is 0 Å². The minimum Gasteiger partial charge on any atom is -0.335 e. The van der Waals surface area contributed by atoms with Crippen molar-refractivity contribution in [3.8, 4) is 0 Å². The van der Waals surface area contributed by atoms with Crippen molar-refractivity contribution in [1.82, 2.24) is 14.7 Å². The number of rotatable bonds is 3. The highest BCUT2D eigenvalue weighted by molar-refractivity contribution is 5.85. The van der Waals surface area contributed by atoms with Crippen LogP contribution in [0.3, 0.4) is 0 Å². The number of hydrogen-bond acceptors (Lipinski definition) is 2. The van der Waals surface area contributed by atoms with Crippen molar-refractivity contribution < 1.29 is 4.79 Å². The van der Waals surface area contributed by atoms with Crippen molar-refractivity contribution in [2.75, 3.05) is 6.54 Å². The van der Waals surface area contributed by atoms with Gasteiger partial charge >= 0.3 is 0 Å². The maximum absolute atomic E-state index is 12.8. The van der Waals surface area contributed by atoms with E-state index in [1.807, 2.05) is 36.5 Å². The minimum absolute atomic E-state index is 0.173. The number of carbonyl (C=O) groups excluding carboxylic acids is 1. The van der Waals surface area contributed by atoms with Gasteiger partial charge in [-0.1, -0.05) is 42.5 Å². The maximum atomic E-state index is 12.8. The molecule has 1 fully saturated rings. The normalized spacial score (nSPS) is 17.5. The quantitative estimate of drug-likeness (QED) is 0.741. The van der Waals surface area contributed by atoms with Crippen molar-refractivity contribution in [2.24, 2.45) is 7.05 Å². The summed E-state index contributed by atoms with van der Waals surface area (Å²) < 4.78 is 1.81. The molecule has 1 aromatic heterocycles. The van der Waals surface area contributed by atoms with Crippen LogP contribution in [0.15, 0.2) is 54.9 Å². The summed E-state index contributed by atoms with van der Waals surface area (Å²) in [6.45, 7) is 0.839. The second-order valence-electron chi connectivity index (χ2n) is 6.55. The van der Waals surface area contributed by atoms with Gasteiger partial charge in [-0.2, -0.15) is 5.10 Å². The van der Waals surface area contributed by atoms with Crippen LogP contribution in [0.5, 0.6) is 0 Å². The summed E-state index contributed by atoms with van der Waals surface area (Å²) in [6, 6.07) is 14.7. The summed E-state index contributed by atoms with van der Waals surface area (Å²) >= 11 is 0. The molecule has 1 atom stereocenters. The first-order chi connectivity index (χ1) is 11.7. The van der Waals surface area contributed by atoms with E-state index in [9.17, 15) is 4.79 Å². The lowest BCUT2D eigenvalue weighted by molar-refractivity contribution is -0.131. The average Bonchev–Trinajstić information content (AvgIpc) is 3.23. The number of aromatic nitrogens is 2. The number of likely N-dealkylation sites (tertiary alicyclic amines) is 1. The molecule has 3 aromatic rings. The number of amides is 1. The molecule has 4 nitrogen and oxygen atoms in total. The highest BCUT2D eigenvalue weighted by Gasteiger charge is 2.30. The largest absolute Gasteiger partial charge is 0.335 e. The third-order valence-electron chi connectivity index (χ3n) is 4.85. The molecule has 24 heavy (non-hydrogen) atoms. The van der Waals surface area contributed by atoms with E-state index in [-0.39, 0.29) is 11.9 Å². The zero-order chi connectivity index (χ0) is 16.5. The van der Waals surface area contributed by atoms with Crippen molar-refractivity contribution >= 4 is 16.7 Å². The molecule has 2 heterocycles. The summed E-state index contributed by atoms with van der Waals surface area (Å²) in [4.78, 5) is 14.9. The fraction of sp³-hybridized carbons (Fsp3) is 0.300. The molecule has 0 radical (unpaired) electrons. The molecule has 4 rings (SSSR count). The Hall–Kier alpha value is -2.62. The summed E-state index contributed by atoms with van der Waals surface area (Å²) in [5.41, 5.74) is 2.22. The predicted molar refractivity (Wildman–Crippen MR) is 94.5 cm³/mol. The van der Waals surface area contributed by atoms with Crippen LogP contribution in [-0.2, 0) is 18.3 Å². The number of nitrogens with zero attached hydrogens (tertiary/aromatic N) is 3. The maximum Gasteiger partial charge on any atom is 0.227 e. The highest BCUT2D eigenvalue weighted by Crippen LogP contribution is 2.32. The average molecular weight is 319 g/mol. The van der Waals surface area contributed by atoms with Crippen LogP contribution in [0.4, 0.5) is 0 Å². The Morgan fingerprint density at radius 1 is 1.21 bits per heavy atom. The van der Waals surface area contributed by atoms with E-state index in [1.54, 1.807) is 4.68 Å². The first-order valence-corrected chi connectivity index (χ1v) is 8.46. The van der Waals surface area contributed by atoms with Gasteiger partial charge < -0.3 is 4.90 Å². The van der Waals surface area contributed by atoms with E-state index in [0.717, 1.165) is 30.5 Å². The molecule has 0 N–H and O–H groups in total. The lowest BCUT2D eigenvalue weighted by atomic mass is 10.0. The van der Waals surface area contributed by atoms with E-state index in [4.69, 9.17) is 0 Å². The zero-order valence-electron chi connectivity index (χ0n) is 13.9. The Morgan fingerprint density at radius 3 is 2.83 bits per heavy atom. The number of hydrogen-bond donors (Lipinski definition) is 0. The summed E-state index contributed by atoms with van der Waals surface area (Å²) in [6.07, 6.45) is 6.44. The van der Waals surface area contributed by atoms with E-state index >= 15 is 0 Å². The van der Waals surface area contributed by atoms with Crippen LogP contribution >= 0.6 is 0 Å². The van der Waals surface area contributed by atoms with Gasteiger partial charge in [0, 0.05) is 25.4 Å². The third kappa shape index (κ3) is 2.80. The summed E-state index contributed by atoms with van der Waals surface area (Å²) in [5, 5.41) is 6.65. The fourth-order valence-electron chi connectivity index (χ4n) is 3.65. The van der Waals surface area contributed by atoms with Crippen LogP contribution in [-0.4, -0.2) is 27.1 Å². The van der Waals surface area contributed by atoms with Crippen molar-refractivity contribution in [2.45, 2.75) is 25.3 Å². The van der Waals surface area contributed by atoms with E-state index in [0.29, 0.717) is 6.42 Å². The van der Waals surface area contributed by atoms with Crippen LogP contribution in [0.1, 0.15) is 30.0 Å². The summed E-state index contributed by atoms with van der Waals surface area (Å²) in [5.74, 6) is 0.205. The predicted octanol–water partition coefficient (Wildman–Crippen LogP) is 3.48. The SMILES string of the molecule is Cn1cc([C@H]2CCCN2C(=O)Cc2ccc3ccccc3c2)cn1. The molecule has 4 heteroatoms. The van der Waals surface area contributed by atoms with Gasteiger partial charge in [0.05, 0.1) is 18.7 Å². The molecule has 1 amide bonds. The number of aryl methyl sites for hydroxylation is 1. The van der Waals surface area contributed by atoms with Crippen LogP contribution in [0.25, 0.3) is 10.8 Å². The topological polar surface area (TPSA) is 38.1 Å². The Labute approximate surface area is 141 Å². The fourth-order valence-corrected chi connectivity index (χ4v) is 3.65. The van der Waals surface area contributed by atoms with Crippen LogP contribution in [0.2, 0.25) is 0 Å². The molecule has 0 saturated carbocycles. The van der Waals surface area contributed by atoms with E-state index < -0.39 is 0 Å². The molecule has 0 spiro atoms. The summed E-state index contributed by atoms with van der Waals surface area (Å²) in [7, 11) is 1.92. The lowest BCUT2D eigenvalue weighted by Gasteiger charge is -2.24. The van der Waals surface area contributed by atoms with Crippen molar-refractivity contribution in [3.63, 3.8) is 0 Å². The first-order valence-electron chi connectivity index (χ1n) is 8.46. The Kier molecular flexibility index (Phi) is 3.81.